The van der Waals surface area contributed by atoms with Gasteiger partial charge in [0.05, 0.1) is 17.0 Å². The molecule has 0 aliphatic carbocycles. The Morgan fingerprint density at radius 3 is 2.52 bits per heavy atom. The molecule has 0 aromatic heterocycles. The Labute approximate surface area is 188 Å². The highest BCUT2D eigenvalue weighted by molar-refractivity contribution is 8.18. The van der Waals surface area contributed by atoms with E-state index in [2.05, 4.69) is 0 Å². The smallest absolute Gasteiger partial charge is 0.343 e. The lowest BCUT2D eigenvalue weighted by atomic mass is 10.2. The number of hydrogen-bond donors (Lipinski definition) is 0. The van der Waals surface area contributed by atoms with Gasteiger partial charge in [0.25, 0.3) is 11.1 Å². The van der Waals surface area contributed by atoms with Crippen molar-refractivity contribution in [1.82, 2.24) is 4.90 Å². The maximum atomic E-state index is 12.8. The molecule has 0 radical (unpaired) electrons. The maximum absolute atomic E-state index is 12.8. The average Bonchev–Trinajstić information content (AvgIpc) is 3.02. The molecule has 0 saturated carbocycles. The summed E-state index contributed by atoms with van der Waals surface area (Å²) >= 11 is 6.86. The van der Waals surface area contributed by atoms with Crippen LogP contribution in [0.4, 0.5) is 4.79 Å². The molecule has 0 bridgehead atoms. The Morgan fingerprint density at radius 1 is 0.968 bits per heavy atom. The molecular formula is C24H16ClNO4S. The fourth-order valence-corrected chi connectivity index (χ4v) is 4.06. The Hall–Kier alpha value is -3.35. The van der Waals surface area contributed by atoms with Crippen molar-refractivity contribution in [1.29, 1.82) is 0 Å². The molecule has 1 aliphatic rings. The second-order valence-corrected chi connectivity index (χ2v) is 8.16. The van der Waals surface area contributed by atoms with Crippen molar-refractivity contribution in [2.75, 3.05) is 0 Å². The fraction of sp³-hybridized carbons (Fsp3) is 0.0417. The number of carbonyl (C=O) groups is 3. The summed E-state index contributed by atoms with van der Waals surface area (Å²) in [5.41, 5.74) is 1.85. The Kier molecular flexibility index (Phi) is 6.21. The van der Waals surface area contributed by atoms with Crippen LogP contribution in [0.15, 0.2) is 83.8 Å². The van der Waals surface area contributed by atoms with Crippen LogP contribution in [0.3, 0.4) is 0 Å². The van der Waals surface area contributed by atoms with Crippen LogP contribution < -0.4 is 4.74 Å². The zero-order valence-corrected chi connectivity index (χ0v) is 17.7. The van der Waals surface area contributed by atoms with Crippen molar-refractivity contribution in [3.05, 3.63) is 105 Å². The van der Waals surface area contributed by atoms with Gasteiger partial charge in [-0.05, 0) is 65.4 Å². The largest absolute Gasteiger partial charge is 0.423 e. The lowest BCUT2D eigenvalue weighted by molar-refractivity contribution is -0.123. The van der Waals surface area contributed by atoms with E-state index in [1.54, 1.807) is 72.8 Å². The second kappa shape index (κ2) is 9.20. The molecule has 1 fully saturated rings. The highest BCUT2D eigenvalue weighted by Gasteiger charge is 2.35. The lowest BCUT2D eigenvalue weighted by Gasteiger charge is -2.12. The second-order valence-electron chi connectivity index (χ2n) is 6.73. The van der Waals surface area contributed by atoms with Crippen molar-refractivity contribution in [2.24, 2.45) is 0 Å². The monoisotopic (exact) mass is 449 g/mol. The Balaban J connectivity index is 1.49. The minimum absolute atomic E-state index is 0.150. The van der Waals surface area contributed by atoms with Gasteiger partial charge in [0.2, 0.25) is 0 Å². The first kappa shape index (κ1) is 20.9. The number of esters is 1. The molecule has 154 valence electrons. The van der Waals surface area contributed by atoms with Crippen LogP contribution in [0, 0.1) is 0 Å². The van der Waals surface area contributed by atoms with E-state index in [0.29, 0.717) is 26.8 Å². The van der Waals surface area contributed by atoms with E-state index >= 15 is 0 Å². The molecule has 7 heteroatoms. The average molecular weight is 450 g/mol. The molecule has 2 amide bonds. The van der Waals surface area contributed by atoms with Gasteiger partial charge in [-0.25, -0.2) is 4.79 Å². The molecule has 5 nitrogen and oxygen atoms in total. The standard InChI is InChI=1S/C24H16ClNO4S/c25-19-10-4-7-17(12-19)15-26-22(27)21(31-24(26)29)14-16-6-5-11-20(13-16)30-23(28)18-8-2-1-3-9-18/h1-14H,15H2/b21-14-. The molecule has 0 unspecified atom stereocenters. The number of imide groups is 1. The zero-order valence-electron chi connectivity index (χ0n) is 16.2. The molecule has 1 heterocycles. The Morgan fingerprint density at radius 2 is 1.74 bits per heavy atom. The molecule has 31 heavy (non-hydrogen) atoms. The fourth-order valence-electron chi connectivity index (χ4n) is 3.01. The third-order valence-corrected chi connectivity index (χ3v) is 5.62. The minimum Gasteiger partial charge on any atom is -0.423 e. The number of halogens is 1. The predicted octanol–water partition coefficient (Wildman–Crippen LogP) is 5.80. The maximum Gasteiger partial charge on any atom is 0.343 e. The molecule has 1 saturated heterocycles. The van der Waals surface area contributed by atoms with Gasteiger partial charge >= 0.3 is 5.97 Å². The van der Waals surface area contributed by atoms with Crippen LogP contribution in [0.1, 0.15) is 21.5 Å². The van der Waals surface area contributed by atoms with E-state index in [1.807, 2.05) is 12.1 Å². The summed E-state index contributed by atoms with van der Waals surface area (Å²) in [5, 5.41) is 0.199. The first-order valence-corrected chi connectivity index (χ1v) is 10.6. The molecule has 4 rings (SSSR count). The first-order valence-electron chi connectivity index (χ1n) is 9.37. The van der Waals surface area contributed by atoms with E-state index in [0.717, 1.165) is 17.3 Å². The summed E-state index contributed by atoms with van der Waals surface area (Å²) < 4.78 is 5.42. The van der Waals surface area contributed by atoms with Crippen LogP contribution in [0.2, 0.25) is 5.02 Å². The number of benzene rings is 3. The van der Waals surface area contributed by atoms with Crippen LogP contribution in [0.25, 0.3) is 6.08 Å². The number of hydrogen-bond acceptors (Lipinski definition) is 5. The molecular weight excluding hydrogens is 434 g/mol. The SMILES string of the molecule is O=C(Oc1cccc(/C=C2\SC(=O)N(Cc3cccc(Cl)c3)C2=O)c1)c1ccccc1. The summed E-state index contributed by atoms with van der Waals surface area (Å²) in [4.78, 5) is 38.9. The number of nitrogens with zero attached hydrogens (tertiary/aromatic N) is 1. The van der Waals surface area contributed by atoms with Gasteiger partial charge in [0.1, 0.15) is 5.75 Å². The van der Waals surface area contributed by atoms with E-state index in [1.165, 1.54) is 4.90 Å². The van der Waals surface area contributed by atoms with Gasteiger partial charge in [0.15, 0.2) is 0 Å². The molecule has 0 atom stereocenters. The summed E-state index contributed by atoms with van der Waals surface area (Å²) in [6.45, 7) is 0.150. The lowest BCUT2D eigenvalue weighted by Crippen LogP contribution is -2.27. The molecule has 0 N–H and O–H groups in total. The molecule has 0 spiro atoms. The summed E-state index contributed by atoms with van der Waals surface area (Å²) in [5.74, 6) is -0.498. The van der Waals surface area contributed by atoms with Crippen LogP contribution >= 0.6 is 23.4 Å². The van der Waals surface area contributed by atoms with Gasteiger partial charge in [-0.2, -0.15) is 0 Å². The van der Waals surface area contributed by atoms with Crippen LogP contribution in [0.5, 0.6) is 5.75 Å². The molecule has 1 aliphatic heterocycles. The van der Waals surface area contributed by atoms with Crippen molar-refractivity contribution < 1.29 is 19.1 Å². The van der Waals surface area contributed by atoms with E-state index in [-0.39, 0.29) is 17.7 Å². The number of amides is 2. The zero-order chi connectivity index (χ0) is 21.8. The number of carbonyl (C=O) groups excluding carboxylic acids is 3. The number of rotatable bonds is 5. The third-order valence-electron chi connectivity index (χ3n) is 4.48. The molecule has 3 aromatic carbocycles. The highest BCUT2D eigenvalue weighted by atomic mass is 35.5. The van der Waals surface area contributed by atoms with Crippen molar-refractivity contribution in [3.8, 4) is 5.75 Å². The summed E-state index contributed by atoms with van der Waals surface area (Å²) in [7, 11) is 0. The van der Waals surface area contributed by atoms with E-state index in [9.17, 15) is 14.4 Å². The van der Waals surface area contributed by atoms with Crippen molar-refractivity contribution >= 4 is 46.6 Å². The predicted molar refractivity (Wildman–Crippen MR) is 121 cm³/mol. The van der Waals surface area contributed by atoms with Crippen LogP contribution in [-0.4, -0.2) is 22.0 Å². The quantitative estimate of drug-likeness (QED) is 0.280. The van der Waals surface area contributed by atoms with Crippen LogP contribution in [-0.2, 0) is 11.3 Å². The topological polar surface area (TPSA) is 63.7 Å². The van der Waals surface area contributed by atoms with Gasteiger partial charge < -0.3 is 4.74 Å². The van der Waals surface area contributed by atoms with Crippen molar-refractivity contribution in [2.45, 2.75) is 6.54 Å². The number of ether oxygens (including phenoxy) is 1. The normalized spacial score (nSPS) is 14.9. The van der Waals surface area contributed by atoms with Gasteiger partial charge in [0, 0.05) is 5.02 Å². The van der Waals surface area contributed by atoms with E-state index < -0.39 is 5.97 Å². The molecule has 3 aromatic rings. The highest BCUT2D eigenvalue weighted by Crippen LogP contribution is 2.34. The van der Waals surface area contributed by atoms with Gasteiger partial charge in [-0.3, -0.25) is 14.5 Å². The third kappa shape index (κ3) is 5.05. The van der Waals surface area contributed by atoms with E-state index in [4.69, 9.17) is 16.3 Å². The summed E-state index contributed by atoms with van der Waals surface area (Å²) in [6.07, 6.45) is 1.61. The minimum atomic E-state index is -0.473. The Bertz CT molecular complexity index is 1190. The van der Waals surface area contributed by atoms with Gasteiger partial charge in [-0.15, -0.1) is 0 Å². The van der Waals surface area contributed by atoms with Crippen molar-refractivity contribution in [3.63, 3.8) is 0 Å². The summed E-state index contributed by atoms with van der Waals surface area (Å²) in [6, 6.07) is 22.5. The number of thioether (sulfide) groups is 1. The van der Waals surface area contributed by atoms with Gasteiger partial charge in [-0.1, -0.05) is 54.1 Å². The first-order chi connectivity index (χ1) is 15.0.